The molecule has 148 valence electrons. The molecule has 2 aromatic carbocycles. The van der Waals surface area contributed by atoms with Crippen LogP contribution in [0.1, 0.15) is 44.9 Å². The molecule has 28 heavy (non-hydrogen) atoms. The number of hydrogen-bond acceptors (Lipinski definition) is 3. The van der Waals surface area contributed by atoms with Crippen molar-refractivity contribution in [2.24, 2.45) is 5.92 Å². The first-order valence-corrected chi connectivity index (χ1v) is 9.75. The van der Waals surface area contributed by atoms with E-state index >= 15 is 0 Å². The monoisotopic (exact) mass is 380 g/mol. The Labute approximate surface area is 164 Å². The van der Waals surface area contributed by atoms with Crippen LogP contribution in [0.5, 0.6) is 0 Å². The van der Waals surface area contributed by atoms with E-state index in [0.29, 0.717) is 22.6 Å². The largest absolute Gasteiger partial charge is 0.325 e. The molecule has 0 aliphatic carbocycles. The van der Waals surface area contributed by atoms with Gasteiger partial charge in [-0.15, -0.1) is 0 Å². The third-order valence-electron chi connectivity index (χ3n) is 5.02. The van der Waals surface area contributed by atoms with Gasteiger partial charge in [0.2, 0.25) is 5.91 Å². The molecule has 0 spiro atoms. The standard InChI is InChI=1S/C22H28N4O2/c1-5-15-6-8-16(9-7-15)20(13(2)3)23-14(4)21(27)24-17-10-11-18-19(12-17)26-22(28)25-18/h6-14,20,23H,5H2,1-4H3,(H,24,27)(H2,25,26,28). The number of benzene rings is 2. The van der Waals surface area contributed by atoms with Crippen molar-refractivity contribution < 1.29 is 4.79 Å². The minimum atomic E-state index is -0.376. The Hall–Kier alpha value is -2.86. The summed E-state index contributed by atoms with van der Waals surface area (Å²) in [4.78, 5) is 29.5. The summed E-state index contributed by atoms with van der Waals surface area (Å²) in [5.74, 6) is 0.220. The minimum absolute atomic E-state index is 0.0789. The summed E-state index contributed by atoms with van der Waals surface area (Å²) < 4.78 is 0. The van der Waals surface area contributed by atoms with Crippen molar-refractivity contribution in [3.8, 4) is 0 Å². The topological polar surface area (TPSA) is 89.8 Å². The maximum Gasteiger partial charge on any atom is 0.323 e. The number of aryl methyl sites for hydroxylation is 1. The molecule has 0 radical (unpaired) electrons. The van der Waals surface area contributed by atoms with E-state index < -0.39 is 0 Å². The van der Waals surface area contributed by atoms with Crippen LogP contribution in [0.25, 0.3) is 11.0 Å². The van der Waals surface area contributed by atoms with E-state index in [0.717, 1.165) is 6.42 Å². The summed E-state index contributed by atoms with van der Waals surface area (Å²) >= 11 is 0. The third-order valence-corrected chi connectivity index (χ3v) is 5.02. The van der Waals surface area contributed by atoms with E-state index in [1.54, 1.807) is 18.2 Å². The van der Waals surface area contributed by atoms with Crippen LogP contribution in [0.2, 0.25) is 0 Å². The number of hydrogen-bond donors (Lipinski definition) is 4. The Morgan fingerprint density at radius 1 is 1.00 bits per heavy atom. The molecule has 2 unspecified atom stereocenters. The summed E-state index contributed by atoms with van der Waals surface area (Å²) in [5, 5.41) is 6.38. The number of fused-ring (bicyclic) bond motifs is 1. The van der Waals surface area contributed by atoms with Gasteiger partial charge in [-0.1, -0.05) is 45.0 Å². The van der Waals surface area contributed by atoms with E-state index in [-0.39, 0.29) is 23.7 Å². The molecule has 1 aromatic heterocycles. The average molecular weight is 380 g/mol. The zero-order chi connectivity index (χ0) is 20.3. The molecular weight excluding hydrogens is 352 g/mol. The molecule has 6 nitrogen and oxygen atoms in total. The summed E-state index contributed by atoms with van der Waals surface area (Å²) in [6.45, 7) is 8.29. The summed E-state index contributed by atoms with van der Waals surface area (Å²) in [5.41, 5.74) is 4.25. The number of aromatic nitrogens is 2. The predicted octanol–water partition coefficient (Wildman–Crippen LogP) is 3.73. The Kier molecular flexibility index (Phi) is 5.99. The van der Waals surface area contributed by atoms with Crippen molar-refractivity contribution in [2.75, 3.05) is 5.32 Å². The van der Waals surface area contributed by atoms with E-state index in [4.69, 9.17) is 0 Å². The summed E-state index contributed by atoms with van der Waals surface area (Å²) in [7, 11) is 0. The molecule has 0 fully saturated rings. The van der Waals surface area contributed by atoms with Crippen LogP contribution in [0.4, 0.5) is 5.69 Å². The molecular formula is C22H28N4O2. The van der Waals surface area contributed by atoms with Crippen LogP contribution in [0.3, 0.4) is 0 Å². The lowest BCUT2D eigenvalue weighted by atomic mass is 9.94. The number of carbonyl (C=O) groups excluding carboxylic acids is 1. The van der Waals surface area contributed by atoms with Gasteiger partial charge in [0, 0.05) is 11.7 Å². The fourth-order valence-corrected chi connectivity index (χ4v) is 3.34. The molecule has 0 aliphatic rings. The quantitative estimate of drug-likeness (QED) is 0.503. The first-order chi connectivity index (χ1) is 13.4. The second-order valence-electron chi connectivity index (χ2n) is 7.53. The molecule has 0 saturated heterocycles. The summed E-state index contributed by atoms with van der Waals surface area (Å²) in [6.07, 6.45) is 1.01. The Balaban J connectivity index is 1.70. The maximum atomic E-state index is 12.7. The van der Waals surface area contributed by atoms with Gasteiger partial charge in [0.25, 0.3) is 0 Å². The molecule has 0 bridgehead atoms. The number of rotatable bonds is 7. The van der Waals surface area contributed by atoms with Gasteiger partial charge in [-0.3, -0.25) is 10.1 Å². The van der Waals surface area contributed by atoms with E-state index in [1.165, 1.54) is 11.1 Å². The number of H-pyrrole nitrogens is 2. The number of nitrogens with one attached hydrogen (secondary N) is 4. The lowest BCUT2D eigenvalue weighted by Crippen LogP contribution is -2.41. The smallest absolute Gasteiger partial charge is 0.323 e. The summed E-state index contributed by atoms with van der Waals surface area (Å²) in [6, 6.07) is 13.6. The fourth-order valence-electron chi connectivity index (χ4n) is 3.34. The molecule has 2 atom stereocenters. The highest BCUT2D eigenvalue weighted by Gasteiger charge is 2.22. The molecule has 0 aliphatic heterocycles. The number of anilines is 1. The predicted molar refractivity (Wildman–Crippen MR) is 114 cm³/mol. The van der Waals surface area contributed by atoms with Gasteiger partial charge in [-0.25, -0.2) is 4.79 Å². The highest BCUT2D eigenvalue weighted by Crippen LogP contribution is 2.23. The van der Waals surface area contributed by atoms with E-state index in [2.05, 4.69) is 65.6 Å². The Bertz CT molecular complexity index is 1000. The van der Waals surface area contributed by atoms with Crippen LogP contribution >= 0.6 is 0 Å². The number of amides is 1. The van der Waals surface area contributed by atoms with Gasteiger partial charge < -0.3 is 15.3 Å². The van der Waals surface area contributed by atoms with Crippen molar-refractivity contribution in [3.05, 3.63) is 64.1 Å². The van der Waals surface area contributed by atoms with Gasteiger partial charge in [0.1, 0.15) is 0 Å². The van der Waals surface area contributed by atoms with E-state index in [9.17, 15) is 9.59 Å². The van der Waals surface area contributed by atoms with Gasteiger partial charge in [-0.2, -0.15) is 0 Å². The second kappa shape index (κ2) is 8.44. The minimum Gasteiger partial charge on any atom is -0.325 e. The Morgan fingerprint density at radius 2 is 1.68 bits per heavy atom. The molecule has 3 rings (SSSR count). The maximum absolute atomic E-state index is 12.7. The highest BCUT2D eigenvalue weighted by atomic mass is 16.2. The zero-order valence-electron chi connectivity index (χ0n) is 16.8. The first-order valence-electron chi connectivity index (χ1n) is 9.75. The van der Waals surface area contributed by atoms with Gasteiger partial charge in [-0.05, 0) is 48.6 Å². The molecule has 1 heterocycles. The molecule has 0 saturated carbocycles. The van der Waals surface area contributed by atoms with Crippen LogP contribution in [0.15, 0.2) is 47.3 Å². The fraction of sp³-hybridized carbons (Fsp3) is 0.364. The van der Waals surface area contributed by atoms with Crippen molar-refractivity contribution in [3.63, 3.8) is 0 Å². The lowest BCUT2D eigenvalue weighted by molar-refractivity contribution is -0.118. The molecule has 1 amide bonds. The van der Waals surface area contributed by atoms with Crippen LogP contribution in [-0.4, -0.2) is 21.9 Å². The van der Waals surface area contributed by atoms with Gasteiger partial charge >= 0.3 is 5.69 Å². The molecule has 6 heteroatoms. The van der Waals surface area contributed by atoms with Gasteiger partial charge in [0.15, 0.2) is 0 Å². The SMILES string of the molecule is CCc1ccc(C(NC(C)C(=O)Nc2ccc3[nH]c(=O)[nH]c3c2)C(C)C)cc1. The van der Waals surface area contributed by atoms with Crippen molar-refractivity contribution in [2.45, 2.75) is 46.2 Å². The van der Waals surface area contributed by atoms with Crippen LogP contribution in [0, 0.1) is 5.92 Å². The van der Waals surface area contributed by atoms with Gasteiger partial charge in [0.05, 0.1) is 17.1 Å². The van der Waals surface area contributed by atoms with Crippen molar-refractivity contribution >= 4 is 22.6 Å². The lowest BCUT2D eigenvalue weighted by Gasteiger charge is -2.26. The highest BCUT2D eigenvalue weighted by molar-refractivity contribution is 5.96. The number of carbonyl (C=O) groups is 1. The van der Waals surface area contributed by atoms with E-state index in [1.807, 2.05) is 6.92 Å². The number of imidazole rings is 1. The van der Waals surface area contributed by atoms with Crippen LogP contribution in [-0.2, 0) is 11.2 Å². The Morgan fingerprint density at radius 3 is 2.32 bits per heavy atom. The first kappa shape index (κ1) is 19.9. The average Bonchev–Trinajstić information content (AvgIpc) is 3.05. The van der Waals surface area contributed by atoms with Crippen molar-refractivity contribution in [1.82, 2.24) is 15.3 Å². The van der Waals surface area contributed by atoms with Crippen molar-refractivity contribution in [1.29, 1.82) is 0 Å². The third kappa shape index (κ3) is 4.51. The zero-order valence-corrected chi connectivity index (χ0v) is 16.8. The molecule has 3 aromatic rings. The normalized spacial score (nSPS) is 13.6. The molecule has 4 N–H and O–H groups in total. The van der Waals surface area contributed by atoms with Crippen LogP contribution < -0.4 is 16.3 Å². The second-order valence-corrected chi connectivity index (χ2v) is 7.53. The number of aromatic amines is 2.